The molecule has 37 valence electrons. The van der Waals surface area contributed by atoms with E-state index >= 15 is 0 Å². The van der Waals surface area contributed by atoms with Gasteiger partial charge in [0.05, 0.1) is 0 Å². The van der Waals surface area contributed by atoms with Crippen LogP contribution in [-0.4, -0.2) is 0 Å². The van der Waals surface area contributed by atoms with Crippen LogP contribution in [0, 0.1) is 0 Å². The number of hydrogen-bond acceptors (Lipinski definition) is 1. The van der Waals surface area contributed by atoms with Crippen molar-refractivity contribution >= 4 is 0 Å². The normalized spacial score (nSPS) is 8.33. The molecule has 0 spiro atoms. The molecule has 0 amide bonds. The molecule has 0 saturated heterocycles. The van der Waals surface area contributed by atoms with Crippen molar-refractivity contribution in [3.05, 3.63) is 0 Å². The van der Waals surface area contributed by atoms with E-state index in [0.717, 1.165) is 0 Å². The van der Waals surface area contributed by atoms with Crippen LogP contribution in [0.4, 0.5) is 0 Å². The molecule has 0 aliphatic heterocycles. The van der Waals surface area contributed by atoms with Crippen molar-refractivity contribution in [2.75, 3.05) is 0 Å². The summed E-state index contributed by atoms with van der Waals surface area (Å²) in [4.78, 5) is 0. The van der Waals surface area contributed by atoms with Crippen molar-refractivity contribution in [3.63, 3.8) is 0 Å². The molecule has 0 radical (unpaired) electrons. The van der Waals surface area contributed by atoms with Crippen molar-refractivity contribution in [1.82, 2.24) is 0 Å². The monoisotopic (exact) mass is 254 g/mol. The summed E-state index contributed by atoms with van der Waals surface area (Å²) >= 11 is -0.383. The molecule has 0 atom stereocenters. The number of rotatable bonds is 3. The quantitative estimate of drug-likeness (QED) is 0.751. The van der Waals surface area contributed by atoms with Crippen molar-refractivity contribution in [3.8, 4) is 0 Å². The summed E-state index contributed by atoms with van der Waals surface area (Å²) in [6.07, 6.45) is 2.69. The summed E-state index contributed by atoms with van der Waals surface area (Å²) in [5, 5.41) is 0. The van der Waals surface area contributed by atoms with E-state index < -0.39 is 0 Å². The third-order valence-electron chi connectivity index (χ3n) is 0.641. The molecule has 6 heavy (non-hydrogen) atoms. The fourth-order valence-corrected chi connectivity index (χ4v) is 2.04. The average Bonchev–Trinajstić information content (AvgIpc) is 1.61. The first-order valence-electron chi connectivity index (χ1n) is 2.28. The van der Waals surface area contributed by atoms with Crippen LogP contribution in [0.25, 0.3) is 0 Å². The Balaban J connectivity index is 2.34. The zero-order valence-electron chi connectivity index (χ0n) is 4.15. The SMILES string of the molecule is CCC[CH2][Ta][NH2]. The molecule has 0 aliphatic rings. The predicted octanol–water partition coefficient (Wildman–Crippen LogP) is 1.16. The van der Waals surface area contributed by atoms with Crippen LogP contribution in [0.15, 0.2) is 0 Å². The van der Waals surface area contributed by atoms with Crippen LogP contribution in [0.5, 0.6) is 0 Å². The second-order valence-corrected chi connectivity index (χ2v) is 4.18. The van der Waals surface area contributed by atoms with E-state index in [1.165, 1.54) is 17.5 Å². The Hall–Kier alpha value is 0.700. The minimum atomic E-state index is -0.383. The van der Waals surface area contributed by atoms with E-state index in [2.05, 4.69) is 6.92 Å². The first-order valence-corrected chi connectivity index (χ1v) is 6.41. The summed E-state index contributed by atoms with van der Waals surface area (Å²) in [7, 11) is 0. The molecule has 0 aromatic heterocycles. The Morgan fingerprint density at radius 1 is 1.67 bits per heavy atom. The molecule has 0 heterocycles. The minimum absolute atomic E-state index is 0.383. The fraction of sp³-hybridized carbons (Fsp3) is 1.00. The first kappa shape index (κ1) is 6.70. The summed E-state index contributed by atoms with van der Waals surface area (Å²) in [5.74, 6) is 0. The average molecular weight is 254 g/mol. The molecule has 0 fully saturated rings. The van der Waals surface area contributed by atoms with Crippen molar-refractivity contribution in [2.45, 2.75) is 24.4 Å². The fourth-order valence-electron chi connectivity index (χ4n) is 0.249. The summed E-state index contributed by atoms with van der Waals surface area (Å²) in [5.41, 5.74) is 0. The first-order chi connectivity index (χ1) is 2.91. The molecular weight excluding hydrogens is 243 g/mol. The maximum absolute atomic E-state index is 5.40. The van der Waals surface area contributed by atoms with Gasteiger partial charge < -0.3 is 0 Å². The Morgan fingerprint density at radius 2 is 2.33 bits per heavy atom. The Kier molecular flexibility index (Phi) is 6.37. The molecule has 2 heteroatoms. The van der Waals surface area contributed by atoms with Crippen LogP contribution in [-0.2, 0) is 20.0 Å². The van der Waals surface area contributed by atoms with E-state index in [4.69, 9.17) is 4.14 Å². The second kappa shape index (κ2) is 5.70. The molecule has 2 N–H and O–H groups in total. The second-order valence-electron chi connectivity index (χ2n) is 1.26. The number of nitrogens with two attached hydrogens (primary N) is 1. The Morgan fingerprint density at radius 3 is 2.50 bits per heavy atom. The Labute approximate surface area is 48.9 Å². The van der Waals surface area contributed by atoms with Gasteiger partial charge in [-0.05, 0) is 0 Å². The third-order valence-corrected chi connectivity index (χ3v) is 2.70. The van der Waals surface area contributed by atoms with E-state index in [1.807, 2.05) is 0 Å². The van der Waals surface area contributed by atoms with E-state index in [0.29, 0.717) is 0 Å². The van der Waals surface area contributed by atoms with Gasteiger partial charge in [-0.2, -0.15) is 0 Å². The van der Waals surface area contributed by atoms with Crippen LogP contribution in [0.1, 0.15) is 19.8 Å². The molecule has 1 nitrogen and oxygen atoms in total. The molecule has 0 bridgehead atoms. The van der Waals surface area contributed by atoms with E-state index in [1.54, 1.807) is 0 Å². The van der Waals surface area contributed by atoms with E-state index in [-0.39, 0.29) is 20.0 Å². The number of unbranched alkanes of at least 4 members (excludes halogenated alkanes) is 1. The van der Waals surface area contributed by atoms with Gasteiger partial charge in [-0.15, -0.1) is 0 Å². The maximum atomic E-state index is 5.40. The van der Waals surface area contributed by atoms with Gasteiger partial charge in [0.2, 0.25) is 0 Å². The topological polar surface area (TPSA) is 26.0 Å². The zero-order chi connectivity index (χ0) is 4.83. The molecule has 0 unspecified atom stereocenters. The van der Waals surface area contributed by atoms with Crippen LogP contribution in [0.3, 0.4) is 0 Å². The van der Waals surface area contributed by atoms with Crippen molar-refractivity contribution in [2.24, 2.45) is 4.14 Å². The van der Waals surface area contributed by atoms with Gasteiger partial charge in [-0.3, -0.25) is 0 Å². The van der Waals surface area contributed by atoms with Crippen LogP contribution >= 0.6 is 0 Å². The Bertz CT molecular complexity index is 19.5. The van der Waals surface area contributed by atoms with Gasteiger partial charge in [-0.25, -0.2) is 0 Å². The predicted molar refractivity (Wildman–Crippen MR) is 23.9 cm³/mol. The van der Waals surface area contributed by atoms with E-state index in [9.17, 15) is 0 Å². The third kappa shape index (κ3) is 4.70. The standard InChI is InChI=1S/C4H9.H2N.Ta/c1-3-4-2;;/h1,3-4H2,2H3;1H2;/q;-1;+1. The number of hydrogen-bond donors (Lipinski definition) is 1. The van der Waals surface area contributed by atoms with Gasteiger partial charge in [0.1, 0.15) is 0 Å². The van der Waals surface area contributed by atoms with Gasteiger partial charge in [-0.1, -0.05) is 0 Å². The molecule has 0 aliphatic carbocycles. The molecule has 0 saturated carbocycles. The van der Waals surface area contributed by atoms with Crippen molar-refractivity contribution < 1.29 is 20.0 Å². The zero-order valence-corrected chi connectivity index (χ0v) is 7.36. The van der Waals surface area contributed by atoms with Crippen LogP contribution in [0.2, 0.25) is 4.64 Å². The van der Waals surface area contributed by atoms with Gasteiger partial charge >= 0.3 is 48.6 Å². The van der Waals surface area contributed by atoms with Gasteiger partial charge in [0.15, 0.2) is 0 Å². The van der Waals surface area contributed by atoms with Gasteiger partial charge in [0, 0.05) is 0 Å². The summed E-state index contributed by atoms with van der Waals surface area (Å²) in [6.45, 7) is 2.21. The summed E-state index contributed by atoms with van der Waals surface area (Å²) < 4.78 is 6.77. The van der Waals surface area contributed by atoms with Gasteiger partial charge in [0.25, 0.3) is 0 Å². The molecule has 0 rings (SSSR count). The summed E-state index contributed by atoms with van der Waals surface area (Å²) in [6, 6.07) is 0. The van der Waals surface area contributed by atoms with Crippen LogP contribution < -0.4 is 4.14 Å². The molecule has 0 aromatic rings. The van der Waals surface area contributed by atoms with Crippen molar-refractivity contribution in [1.29, 1.82) is 0 Å². The molecular formula is C4H11NTa. The molecule has 0 aromatic carbocycles.